The van der Waals surface area contributed by atoms with Crippen molar-refractivity contribution in [1.82, 2.24) is 19.6 Å². The van der Waals surface area contributed by atoms with Crippen LogP contribution in [0.2, 0.25) is 0 Å². The molecule has 0 aliphatic carbocycles. The number of nitrogens with zero attached hydrogens (tertiary/aromatic N) is 4. The van der Waals surface area contributed by atoms with Crippen LogP contribution in [0.25, 0.3) is 10.4 Å². The highest BCUT2D eigenvalue weighted by molar-refractivity contribution is 7.15. The van der Waals surface area contributed by atoms with Gasteiger partial charge in [0.15, 0.2) is 0 Å². The third-order valence-electron chi connectivity index (χ3n) is 5.03. The highest BCUT2D eigenvalue weighted by Gasteiger charge is 2.24. The van der Waals surface area contributed by atoms with E-state index in [1.165, 1.54) is 10.9 Å². The van der Waals surface area contributed by atoms with Crippen LogP contribution >= 0.6 is 11.3 Å². The molecule has 3 aromatic rings. The molecule has 1 aliphatic heterocycles. The Bertz CT molecular complexity index is 988. The maximum atomic E-state index is 13.4. The van der Waals surface area contributed by atoms with E-state index in [2.05, 4.69) is 22.1 Å². The van der Waals surface area contributed by atoms with Crippen molar-refractivity contribution in [3.63, 3.8) is 0 Å². The number of aromatic nitrogens is 2. The predicted molar refractivity (Wildman–Crippen MR) is 109 cm³/mol. The maximum absolute atomic E-state index is 13.4. The van der Waals surface area contributed by atoms with Crippen LogP contribution in [0.15, 0.2) is 42.5 Å². The lowest BCUT2D eigenvalue weighted by molar-refractivity contribution is 0.0619. The van der Waals surface area contributed by atoms with Crippen molar-refractivity contribution in [2.24, 2.45) is 7.05 Å². The van der Waals surface area contributed by atoms with Gasteiger partial charge in [0.25, 0.3) is 5.91 Å². The van der Waals surface area contributed by atoms with E-state index in [-0.39, 0.29) is 11.7 Å². The molecular formula is C21H23FN4OS. The van der Waals surface area contributed by atoms with Gasteiger partial charge < -0.3 is 4.90 Å². The summed E-state index contributed by atoms with van der Waals surface area (Å²) in [5.41, 5.74) is 2.42. The third-order valence-corrected chi connectivity index (χ3v) is 6.15. The molecule has 0 spiro atoms. The van der Waals surface area contributed by atoms with Gasteiger partial charge in [0.05, 0.1) is 5.69 Å². The molecule has 2 aromatic heterocycles. The largest absolute Gasteiger partial charge is 0.335 e. The Balaban J connectivity index is 1.35. The molecule has 146 valence electrons. The van der Waals surface area contributed by atoms with Gasteiger partial charge in [-0.05, 0) is 42.8 Å². The summed E-state index contributed by atoms with van der Waals surface area (Å²) in [4.78, 5) is 19.3. The summed E-state index contributed by atoms with van der Waals surface area (Å²) in [6.45, 7) is 5.86. The van der Waals surface area contributed by atoms with Gasteiger partial charge in [0.2, 0.25) is 0 Å². The summed E-state index contributed by atoms with van der Waals surface area (Å²) in [7, 11) is 1.81. The highest BCUT2D eigenvalue weighted by atomic mass is 32.1. The zero-order chi connectivity index (χ0) is 19.7. The Labute approximate surface area is 168 Å². The first-order valence-electron chi connectivity index (χ1n) is 9.36. The number of thiophene rings is 1. The van der Waals surface area contributed by atoms with Crippen LogP contribution in [0.4, 0.5) is 4.39 Å². The zero-order valence-corrected chi connectivity index (χ0v) is 16.9. The number of halogens is 1. The van der Waals surface area contributed by atoms with Crippen LogP contribution in [0.1, 0.15) is 21.1 Å². The maximum Gasteiger partial charge on any atom is 0.272 e. The van der Waals surface area contributed by atoms with Crippen LogP contribution in [0, 0.1) is 12.7 Å². The van der Waals surface area contributed by atoms with Crippen molar-refractivity contribution in [3.8, 4) is 10.4 Å². The predicted octanol–water partition coefficient (Wildman–Crippen LogP) is 3.55. The molecular weight excluding hydrogens is 375 g/mol. The Morgan fingerprint density at radius 2 is 1.93 bits per heavy atom. The summed E-state index contributed by atoms with van der Waals surface area (Å²) in [5.74, 6) is -0.163. The SMILES string of the molecule is Cc1cc(C(=O)N2CCN(Cc3ccc(-c4cccc(F)c4)s3)CC2)n(C)n1. The molecule has 0 unspecified atom stereocenters. The first-order chi connectivity index (χ1) is 13.5. The van der Waals surface area contributed by atoms with Crippen molar-refractivity contribution in [1.29, 1.82) is 0 Å². The molecule has 1 aromatic carbocycles. The van der Waals surface area contributed by atoms with Gasteiger partial charge in [-0.15, -0.1) is 11.3 Å². The Morgan fingerprint density at radius 3 is 2.61 bits per heavy atom. The van der Waals surface area contributed by atoms with Crippen molar-refractivity contribution >= 4 is 17.2 Å². The van der Waals surface area contributed by atoms with Gasteiger partial charge >= 0.3 is 0 Å². The second-order valence-corrected chi connectivity index (χ2v) is 8.31. The smallest absolute Gasteiger partial charge is 0.272 e. The minimum Gasteiger partial charge on any atom is -0.335 e. The summed E-state index contributed by atoms with van der Waals surface area (Å²) in [5, 5.41) is 4.27. The zero-order valence-electron chi connectivity index (χ0n) is 16.1. The van der Waals surface area contributed by atoms with Crippen LogP contribution in [-0.4, -0.2) is 51.7 Å². The fourth-order valence-corrected chi connectivity index (χ4v) is 4.61. The third kappa shape index (κ3) is 4.00. The number of benzene rings is 1. The van der Waals surface area contributed by atoms with E-state index in [1.54, 1.807) is 28.2 Å². The van der Waals surface area contributed by atoms with E-state index in [4.69, 9.17) is 0 Å². The Morgan fingerprint density at radius 1 is 1.14 bits per heavy atom. The monoisotopic (exact) mass is 398 g/mol. The molecule has 5 nitrogen and oxygen atoms in total. The normalized spacial score (nSPS) is 15.2. The summed E-state index contributed by atoms with van der Waals surface area (Å²) in [6.07, 6.45) is 0. The molecule has 7 heteroatoms. The first kappa shape index (κ1) is 18.8. The van der Waals surface area contributed by atoms with Gasteiger partial charge in [-0.3, -0.25) is 14.4 Å². The van der Waals surface area contributed by atoms with Crippen LogP contribution in [0.5, 0.6) is 0 Å². The van der Waals surface area contributed by atoms with E-state index < -0.39 is 0 Å². The number of amides is 1. The van der Waals surface area contributed by atoms with E-state index in [0.717, 1.165) is 35.8 Å². The first-order valence-corrected chi connectivity index (χ1v) is 10.2. The van der Waals surface area contributed by atoms with Crippen molar-refractivity contribution in [2.75, 3.05) is 26.2 Å². The second-order valence-electron chi connectivity index (χ2n) is 7.14. The number of aryl methyl sites for hydroxylation is 2. The molecule has 1 amide bonds. The molecule has 28 heavy (non-hydrogen) atoms. The van der Waals surface area contributed by atoms with Crippen LogP contribution in [-0.2, 0) is 13.6 Å². The van der Waals surface area contributed by atoms with E-state index in [9.17, 15) is 9.18 Å². The standard InChI is InChI=1S/C21H23FN4OS/c1-15-12-19(24(2)23-15)21(27)26-10-8-25(9-11-26)14-18-6-7-20(28-18)16-4-3-5-17(22)13-16/h3-7,12-13H,8-11,14H2,1-2H3. The summed E-state index contributed by atoms with van der Waals surface area (Å²) < 4.78 is 15.1. The lowest BCUT2D eigenvalue weighted by Crippen LogP contribution is -2.48. The van der Waals surface area contributed by atoms with Crippen LogP contribution in [0.3, 0.4) is 0 Å². The molecule has 3 heterocycles. The minimum absolute atomic E-state index is 0.0484. The Kier molecular flexibility index (Phi) is 5.28. The lowest BCUT2D eigenvalue weighted by Gasteiger charge is -2.34. The molecule has 0 N–H and O–H groups in total. The summed E-state index contributed by atoms with van der Waals surface area (Å²) in [6, 6.07) is 12.7. The average Bonchev–Trinajstić information content (AvgIpc) is 3.28. The van der Waals surface area contributed by atoms with Gasteiger partial charge in [-0.2, -0.15) is 5.10 Å². The van der Waals surface area contributed by atoms with Gasteiger partial charge in [-0.1, -0.05) is 12.1 Å². The van der Waals surface area contributed by atoms with Crippen molar-refractivity contribution in [3.05, 3.63) is 64.5 Å². The molecule has 0 bridgehead atoms. The van der Waals surface area contributed by atoms with Crippen molar-refractivity contribution in [2.45, 2.75) is 13.5 Å². The fourth-order valence-electron chi connectivity index (χ4n) is 3.56. The molecule has 0 radical (unpaired) electrons. The van der Waals surface area contributed by atoms with E-state index in [0.29, 0.717) is 18.8 Å². The van der Waals surface area contributed by atoms with Gasteiger partial charge in [0, 0.05) is 49.5 Å². The second kappa shape index (κ2) is 7.85. The molecule has 0 atom stereocenters. The summed E-state index contributed by atoms with van der Waals surface area (Å²) >= 11 is 1.70. The van der Waals surface area contributed by atoms with Gasteiger partial charge in [-0.25, -0.2) is 4.39 Å². The quantitative estimate of drug-likeness (QED) is 0.675. The topological polar surface area (TPSA) is 41.4 Å². The van der Waals surface area contributed by atoms with Gasteiger partial charge in [0.1, 0.15) is 11.5 Å². The molecule has 0 saturated carbocycles. The number of carbonyl (C=O) groups excluding carboxylic acids is 1. The minimum atomic E-state index is -0.211. The number of hydrogen-bond donors (Lipinski definition) is 0. The number of piperazine rings is 1. The molecule has 1 aliphatic rings. The van der Waals surface area contributed by atoms with Crippen LogP contribution < -0.4 is 0 Å². The van der Waals surface area contributed by atoms with E-state index >= 15 is 0 Å². The Hall–Kier alpha value is -2.51. The average molecular weight is 399 g/mol. The number of rotatable bonds is 4. The number of carbonyl (C=O) groups is 1. The number of hydrogen-bond acceptors (Lipinski definition) is 4. The lowest BCUT2D eigenvalue weighted by atomic mass is 10.2. The molecule has 1 saturated heterocycles. The highest BCUT2D eigenvalue weighted by Crippen LogP contribution is 2.29. The van der Waals surface area contributed by atoms with E-state index in [1.807, 2.05) is 31.0 Å². The molecule has 1 fully saturated rings. The fraction of sp³-hybridized carbons (Fsp3) is 0.333. The molecule has 4 rings (SSSR count). The van der Waals surface area contributed by atoms with Crippen molar-refractivity contribution < 1.29 is 9.18 Å².